The first kappa shape index (κ1) is 16.7. The summed E-state index contributed by atoms with van der Waals surface area (Å²) in [6, 6.07) is 10.5. The highest BCUT2D eigenvalue weighted by Gasteiger charge is 2.15. The van der Waals surface area contributed by atoms with Crippen LogP contribution in [0.1, 0.15) is 0 Å². The Morgan fingerprint density at radius 2 is 2.08 bits per heavy atom. The Balaban J connectivity index is 2.11. The summed E-state index contributed by atoms with van der Waals surface area (Å²) in [7, 11) is -2.14. The summed E-state index contributed by atoms with van der Waals surface area (Å²) in [5, 5.41) is 5.12. The molecule has 1 N–H and O–H groups in total. The molecule has 0 aliphatic rings. The van der Waals surface area contributed by atoms with Gasteiger partial charge in [-0.05, 0) is 18.2 Å². The van der Waals surface area contributed by atoms with Crippen molar-refractivity contribution in [2.75, 3.05) is 11.8 Å². The van der Waals surface area contributed by atoms with Crippen molar-refractivity contribution in [3.05, 3.63) is 60.8 Å². The summed E-state index contributed by atoms with van der Waals surface area (Å²) in [4.78, 5) is 8.45. The Morgan fingerprint density at radius 3 is 2.68 bits per heavy atom. The largest absolute Gasteiger partial charge is 0.481 e. The number of pyridine rings is 2. The molecule has 3 heterocycles. The van der Waals surface area contributed by atoms with Gasteiger partial charge >= 0.3 is 0 Å². The van der Waals surface area contributed by atoms with E-state index in [4.69, 9.17) is 4.74 Å². The number of sulfonamides is 1. The summed E-state index contributed by atoms with van der Waals surface area (Å²) in [5.74, 6) is 0.610. The molecule has 0 aromatic carbocycles. The van der Waals surface area contributed by atoms with Crippen molar-refractivity contribution in [2.45, 2.75) is 0 Å². The fourth-order valence-electron chi connectivity index (χ4n) is 2.13. The van der Waals surface area contributed by atoms with E-state index < -0.39 is 10.0 Å². The number of methoxy groups -OCH3 is 1. The van der Waals surface area contributed by atoms with E-state index in [9.17, 15) is 8.42 Å². The van der Waals surface area contributed by atoms with Gasteiger partial charge in [-0.3, -0.25) is 9.71 Å². The highest BCUT2D eigenvalue weighted by Crippen LogP contribution is 2.25. The first-order valence-corrected chi connectivity index (χ1v) is 8.74. The van der Waals surface area contributed by atoms with Gasteiger partial charge in [0.25, 0.3) is 10.0 Å². The normalized spacial score (nSPS) is 11.1. The molecule has 0 radical (unpaired) electrons. The lowest BCUT2D eigenvalue weighted by atomic mass is 10.2. The van der Waals surface area contributed by atoms with Gasteiger partial charge in [-0.1, -0.05) is 12.6 Å². The molecule has 0 unspecified atom stereocenters. The maximum absolute atomic E-state index is 11.7. The van der Waals surface area contributed by atoms with E-state index in [-0.39, 0.29) is 5.82 Å². The first-order chi connectivity index (χ1) is 12.0. The number of nitrogens with one attached hydrogen (secondary N) is 1. The van der Waals surface area contributed by atoms with Crippen LogP contribution in [-0.2, 0) is 10.0 Å². The second-order valence-electron chi connectivity index (χ2n) is 4.91. The van der Waals surface area contributed by atoms with E-state index in [1.165, 1.54) is 7.11 Å². The standard InChI is InChI=1S/C16H15N5O3S/c1-3-25(22,23)20-15-10-14(13-6-4-5-9-17-13)21(19-15)12-7-8-16(24-2)18-11-12/h3-11H,1H2,2H3,(H,19,20). The van der Waals surface area contributed by atoms with Gasteiger partial charge in [-0.25, -0.2) is 18.1 Å². The summed E-state index contributed by atoms with van der Waals surface area (Å²) >= 11 is 0. The van der Waals surface area contributed by atoms with E-state index in [2.05, 4.69) is 26.4 Å². The molecule has 0 aliphatic heterocycles. The summed E-state index contributed by atoms with van der Waals surface area (Å²) in [6.45, 7) is 3.27. The van der Waals surface area contributed by atoms with Crippen molar-refractivity contribution in [3.8, 4) is 23.0 Å². The Kier molecular flexibility index (Phi) is 4.48. The van der Waals surface area contributed by atoms with Crippen LogP contribution in [0.15, 0.2) is 60.8 Å². The molecule has 0 saturated carbocycles. The third kappa shape index (κ3) is 3.66. The minimum atomic E-state index is -3.67. The predicted molar refractivity (Wildman–Crippen MR) is 93.9 cm³/mol. The molecule has 0 atom stereocenters. The molecule has 0 fully saturated rings. The van der Waals surface area contributed by atoms with Crippen LogP contribution in [0, 0.1) is 0 Å². The number of aromatic nitrogens is 4. The third-order valence-corrected chi connectivity index (χ3v) is 4.21. The van der Waals surface area contributed by atoms with Crippen LogP contribution in [0.5, 0.6) is 5.88 Å². The smallest absolute Gasteiger partial charge is 0.255 e. The second-order valence-corrected chi connectivity index (χ2v) is 6.54. The fraction of sp³-hybridized carbons (Fsp3) is 0.0625. The van der Waals surface area contributed by atoms with Crippen LogP contribution in [0.4, 0.5) is 5.82 Å². The average Bonchev–Trinajstić information content (AvgIpc) is 3.05. The monoisotopic (exact) mass is 357 g/mol. The van der Waals surface area contributed by atoms with Crippen LogP contribution < -0.4 is 9.46 Å². The number of rotatable bonds is 6. The van der Waals surface area contributed by atoms with Crippen molar-refractivity contribution in [2.24, 2.45) is 0 Å². The number of anilines is 1. The molecule has 9 heteroatoms. The number of hydrogen-bond acceptors (Lipinski definition) is 6. The van der Waals surface area contributed by atoms with Gasteiger partial charge in [0.2, 0.25) is 5.88 Å². The number of nitrogens with zero attached hydrogens (tertiary/aromatic N) is 4. The van der Waals surface area contributed by atoms with Crippen molar-refractivity contribution in [3.63, 3.8) is 0 Å². The van der Waals surface area contributed by atoms with Gasteiger partial charge in [-0.15, -0.1) is 5.10 Å². The molecule has 3 aromatic rings. The molecule has 0 amide bonds. The SMILES string of the molecule is C=CS(=O)(=O)Nc1cc(-c2ccccn2)n(-c2ccc(OC)nc2)n1. The van der Waals surface area contributed by atoms with Crippen molar-refractivity contribution < 1.29 is 13.2 Å². The lowest BCUT2D eigenvalue weighted by Crippen LogP contribution is -2.09. The molecule has 3 aromatic heterocycles. The zero-order chi connectivity index (χ0) is 17.9. The molecule has 0 bridgehead atoms. The molecular formula is C16H15N5O3S. The molecule has 0 aliphatic carbocycles. The van der Waals surface area contributed by atoms with Crippen LogP contribution in [0.3, 0.4) is 0 Å². The summed E-state index contributed by atoms with van der Waals surface area (Å²) in [5.41, 5.74) is 1.87. The summed E-state index contributed by atoms with van der Waals surface area (Å²) < 4.78 is 32.4. The summed E-state index contributed by atoms with van der Waals surface area (Å²) in [6.07, 6.45) is 3.22. The van der Waals surface area contributed by atoms with Gasteiger partial charge in [0, 0.05) is 23.7 Å². The molecule has 0 spiro atoms. The highest BCUT2D eigenvalue weighted by molar-refractivity contribution is 7.95. The second kappa shape index (κ2) is 6.73. The Hall–Kier alpha value is -3.20. The lowest BCUT2D eigenvalue weighted by molar-refractivity contribution is 0.397. The molecule has 8 nitrogen and oxygen atoms in total. The van der Waals surface area contributed by atoms with Gasteiger partial charge in [0.05, 0.1) is 30.4 Å². The molecule has 128 valence electrons. The molecule has 25 heavy (non-hydrogen) atoms. The van der Waals surface area contributed by atoms with E-state index in [1.807, 2.05) is 6.07 Å². The van der Waals surface area contributed by atoms with Crippen LogP contribution in [-0.4, -0.2) is 35.3 Å². The number of ether oxygens (including phenoxy) is 1. The van der Waals surface area contributed by atoms with Gasteiger partial charge in [0.1, 0.15) is 0 Å². The molecule has 0 saturated heterocycles. The third-order valence-electron chi connectivity index (χ3n) is 3.28. The zero-order valence-electron chi connectivity index (χ0n) is 13.3. The maximum atomic E-state index is 11.7. The Bertz CT molecular complexity index is 982. The Morgan fingerprint density at radius 1 is 1.24 bits per heavy atom. The van der Waals surface area contributed by atoms with Crippen molar-refractivity contribution >= 4 is 15.8 Å². The minimum absolute atomic E-state index is 0.149. The Labute approximate surface area is 144 Å². The average molecular weight is 357 g/mol. The highest BCUT2D eigenvalue weighted by atomic mass is 32.2. The van der Waals surface area contributed by atoms with Crippen molar-refractivity contribution in [1.82, 2.24) is 19.7 Å². The van der Waals surface area contributed by atoms with Gasteiger partial charge in [-0.2, -0.15) is 0 Å². The van der Waals surface area contributed by atoms with Gasteiger partial charge < -0.3 is 4.74 Å². The van der Waals surface area contributed by atoms with E-state index in [1.54, 1.807) is 47.4 Å². The fourth-order valence-corrected chi connectivity index (χ4v) is 2.61. The van der Waals surface area contributed by atoms with E-state index >= 15 is 0 Å². The quantitative estimate of drug-likeness (QED) is 0.726. The molecule has 3 rings (SSSR count). The lowest BCUT2D eigenvalue weighted by Gasteiger charge is -2.07. The van der Waals surface area contributed by atoms with E-state index in [0.717, 1.165) is 5.41 Å². The molecular weight excluding hydrogens is 342 g/mol. The topological polar surface area (TPSA) is 99.0 Å². The number of hydrogen-bond donors (Lipinski definition) is 1. The van der Waals surface area contributed by atoms with Crippen LogP contribution in [0.2, 0.25) is 0 Å². The maximum Gasteiger partial charge on any atom is 0.255 e. The first-order valence-electron chi connectivity index (χ1n) is 7.19. The van der Waals surface area contributed by atoms with E-state index in [0.29, 0.717) is 23.0 Å². The van der Waals surface area contributed by atoms with Crippen LogP contribution in [0.25, 0.3) is 17.1 Å². The van der Waals surface area contributed by atoms with Crippen LogP contribution >= 0.6 is 0 Å². The van der Waals surface area contributed by atoms with Gasteiger partial charge in [0.15, 0.2) is 5.82 Å². The zero-order valence-corrected chi connectivity index (χ0v) is 14.1. The predicted octanol–water partition coefficient (Wildman–Crippen LogP) is 2.22. The minimum Gasteiger partial charge on any atom is -0.481 e. The van der Waals surface area contributed by atoms with Crippen molar-refractivity contribution in [1.29, 1.82) is 0 Å².